The minimum atomic E-state index is -4.09. The Morgan fingerprint density at radius 2 is 1.95 bits per heavy atom. The van der Waals surface area contributed by atoms with Crippen LogP contribution in [0.2, 0.25) is 5.02 Å². The molecule has 2 atom stereocenters. The zero-order chi connectivity index (χ0) is 26.9. The number of benzene rings is 2. The Morgan fingerprint density at radius 3 is 2.68 bits per heavy atom. The maximum atomic E-state index is 15.0. The summed E-state index contributed by atoms with van der Waals surface area (Å²) in [7, 11) is -4.09. The van der Waals surface area contributed by atoms with Gasteiger partial charge in [0.1, 0.15) is 22.4 Å². The molecular formula is C26H25ClF2N6O2S. The molecule has 4 aromatic rings. The van der Waals surface area contributed by atoms with Crippen molar-refractivity contribution in [3.63, 3.8) is 0 Å². The van der Waals surface area contributed by atoms with Crippen molar-refractivity contribution in [2.75, 3.05) is 23.1 Å². The molecule has 2 aromatic heterocycles. The quantitative estimate of drug-likeness (QED) is 0.294. The minimum absolute atomic E-state index is 0.0343. The van der Waals surface area contributed by atoms with Crippen molar-refractivity contribution in [3.8, 4) is 11.3 Å². The molecule has 1 aliphatic rings. The summed E-state index contributed by atoms with van der Waals surface area (Å²) in [5.41, 5.74) is 2.80. The van der Waals surface area contributed by atoms with Gasteiger partial charge in [0.25, 0.3) is 10.0 Å². The molecule has 5 rings (SSSR count). The molecular weight excluding hydrogens is 534 g/mol. The number of rotatable bonds is 7. The van der Waals surface area contributed by atoms with Gasteiger partial charge in [0, 0.05) is 31.1 Å². The molecule has 1 fully saturated rings. The smallest absolute Gasteiger partial charge is 0.263 e. The first-order valence-corrected chi connectivity index (χ1v) is 13.9. The van der Waals surface area contributed by atoms with Crippen LogP contribution in [-0.2, 0) is 16.4 Å². The van der Waals surface area contributed by atoms with E-state index in [1.54, 1.807) is 18.3 Å². The number of anilines is 2. The zero-order valence-corrected chi connectivity index (χ0v) is 22.0. The lowest BCUT2D eigenvalue weighted by Gasteiger charge is -2.26. The molecule has 2 aromatic carbocycles. The molecule has 1 aliphatic heterocycles. The van der Waals surface area contributed by atoms with Gasteiger partial charge in [-0.05, 0) is 42.3 Å². The summed E-state index contributed by atoms with van der Waals surface area (Å²) in [6.07, 6.45) is 1.68. The highest BCUT2D eigenvalue weighted by Gasteiger charge is 2.22. The summed E-state index contributed by atoms with van der Waals surface area (Å²) < 4.78 is 56.4. The van der Waals surface area contributed by atoms with Gasteiger partial charge < -0.3 is 10.6 Å². The predicted octanol–water partition coefficient (Wildman–Crippen LogP) is 4.96. The lowest BCUT2D eigenvalue weighted by Crippen LogP contribution is -2.44. The van der Waals surface area contributed by atoms with Crippen LogP contribution < -0.4 is 15.4 Å². The zero-order valence-electron chi connectivity index (χ0n) is 20.4. The molecule has 0 saturated carbocycles. The van der Waals surface area contributed by atoms with Crippen LogP contribution in [0.4, 0.5) is 20.4 Å². The fourth-order valence-electron chi connectivity index (χ4n) is 4.38. The fraction of sp³-hybridized carbons (Fsp3) is 0.269. The molecule has 12 heteroatoms. The van der Waals surface area contributed by atoms with Gasteiger partial charge in [0.05, 0.1) is 28.1 Å². The van der Waals surface area contributed by atoms with Crippen LogP contribution in [-0.4, -0.2) is 48.7 Å². The van der Waals surface area contributed by atoms with Crippen molar-refractivity contribution in [1.82, 2.24) is 20.3 Å². The number of nitrogens with one attached hydrogen (secondary N) is 3. The molecule has 3 heterocycles. The molecule has 0 spiro atoms. The highest BCUT2D eigenvalue weighted by molar-refractivity contribution is 7.92. The van der Waals surface area contributed by atoms with E-state index in [0.717, 1.165) is 5.56 Å². The van der Waals surface area contributed by atoms with E-state index < -0.39 is 22.0 Å². The number of sulfonamides is 1. The highest BCUT2D eigenvalue weighted by Crippen LogP contribution is 2.29. The van der Waals surface area contributed by atoms with Crippen molar-refractivity contribution in [3.05, 3.63) is 71.1 Å². The van der Waals surface area contributed by atoms with E-state index >= 15 is 4.39 Å². The van der Waals surface area contributed by atoms with Crippen molar-refractivity contribution >= 4 is 44.3 Å². The number of pyridine rings is 1. The van der Waals surface area contributed by atoms with Crippen LogP contribution in [0, 0.1) is 5.82 Å². The van der Waals surface area contributed by atoms with Gasteiger partial charge in [-0.3, -0.25) is 4.72 Å². The number of fused-ring (bicyclic) bond motifs is 1. The SMILES string of the molecule is CCc1cc(-c2ccc(NS(=O)(=O)c3ccccc3Cl)c(F)c2)nc2cnc(N[C@@H]3CNC[C@@H](F)C3)nc12. The average Bonchev–Trinajstić information content (AvgIpc) is 2.89. The minimum Gasteiger partial charge on any atom is -0.350 e. The maximum Gasteiger partial charge on any atom is 0.263 e. The Hall–Kier alpha value is -3.41. The van der Waals surface area contributed by atoms with E-state index in [1.165, 1.54) is 30.3 Å². The fourth-order valence-corrected chi connectivity index (χ4v) is 5.97. The number of hydrogen-bond acceptors (Lipinski definition) is 7. The third-order valence-corrected chi connectivity index (χ3v) is 8.14. The van der Waals surface area contributed by atoms with E-state index in [9.17, 15) is 12.8 Å². The molecule has 3 N–H and O–H groups in total. The predicted molar refractivity (Wildman–Crippen MR) is 144 cm³/mol. The first-order valence-electron chi connectivity index (χ1n) is 12.1. The second-order valence-corrected chi connectivity index (χ2v) is 11.1. The van der Waals surface area contributed by atoms with Crippen molar-refractivity contribution in [2.45, 2.75) is 36.9 Å². The largest absolute Gasteiger partial charge is 0.350 e. The molecule has 38 heavy (non-hydrogen) atoms. The molecule has 0 radical (unpaired) electrons. The van der Waals surface area contributed by atoms with Gasteiger partial charge in [-0.25, -0.2) is 32.2 Å². The summed E-state index contributed by atoms with van der Waals surface area (Å²) in [5.74, 6) is -0.370. The van der Waals surface area contributed by atoms with E-state index in [4.69, 9.17) is 11.6 Å². The summed E-state index contributed by atoms with van der Waals surface area (Å²) >= 11 is 6.01. The monoisotopic (exact) mass is 558 g/mol. The van der Waals surface area contributed by atoms with E-state index in [1.807, 2.05) is 13.0 Å². The van der Waals surface area contributed by atoms with Gasteiger partial charge in [-0.1, -0.05) is 36.7 Å². The van der Waals surface area contributed by atoms with Gasteiger partial charge in [0.15, 0.2) is 0 Å². The van der Waals surface area contributed by atoms with Crippen LogP contribution >= 0.6 is 11.6 Å². The van der Waals surface area contributed by atoms with Crippen molar-refractivity contribution < 1.29 is 17.2 Å². The normalized spacial score (nSPS) is 17.9. The van der Waals surface area contributed by atoms with Gasteiger partial charge in [-0.15, -0.1) is 0 Å². The van der Waals surface area contributed by atoms with E-state index in [0.29, 0.717) is 54.2 Å². The van der Waals surface area contributed by atoms with Gasteiger partial charge >= 0.3 is 0 Å². The lowest BCUT2D eigenvalue weighted by atomic mass is 10.1. The maximum absolute atomic E-state index is 15.0. The Kier molecular flexibility index (Phi) is 7.42. The first-order chi connectivity index (χ1) is 18.2. The Labute approximate surface area is 223 Å². The molecule has 0 amide bonds. The van der Waals surface area contributed by atoms with Crippen molar-refractivity contribution in [1.29, 1.82) is 0 Å². The van der Waals surface area contributed by atoms with Crippen LogP contribution in [0.3, 0.4) is 0 Å². The number of nitrogens with zero attached hydrogens (tertiary/aromatic N) is 3. The van der Waals surface area contributed by atoms with E-state index in [-0.39, 0.29) is 21.6 Å². The molecule has 1 saturated heterocycles. The lowest BCUT2D eigenvalue weighted by molar-refractivity contribution is 0.254. The van der Waals surface area contributed by atoms with E-state index in [2.05, 4.69) is 30.3 Å². The van der Waals surface area contributed by atoms with Crippen LogP contribution in [0.1, 0.15) is 18.9 Å². The Bertz CT molecular complexity index is 1600. The second-order valence-electron chi connectivity index (χ2n) is 9.01. The van der Waals surface area contributed by atoms with Crippen LogP contribution in [0.15, 0.2) is 59.6 Å². The molecule has 198 valence electrons. The number of alkyl halides is 1. The number of aromatic nitrogens is 3. The summed E-state index contributed by atoms with van der Waals surface area (Å²) in [6.45, 7) is 2.94. The first kappa shape index (κ1) is 26.2. The molecule has 0 bridgehead atoms. The Morgan fingerprint density at radius 1 is 1.13 bits per heavy atom. The van der Waals surface area contributed by atoms with Crippen LogP contribution in [0.25, 0.3) is 22.3 Å². The highest BCUT2D eigenvalue weighted by atomic mass is 35.5. The second kappa shape index (κ2) is 10.8. The number of piperidine rings is 1. The molecule has 8 nitrogen and oxygen atoms in total. The number of halogens is 3. The average molecular weight is 559 g/mol. The third kappa shape index (κ3) is 5.54. The standard InChI is InChI=1S/C26H25ClF2N6O2S/c1-2-15-10-22(33-23-14-31-26(34-25(15)23)32-18-11-17(28)12-30-13-18)16-7-8-21(20(29)9-16)35-38(36,37)24-6-4-3-5-19(24)27/h3-10,14,17-18,30,35H,2,11-13H2,1H3,(H,31,32,34)/t17-,18-/m0/s1. The van der Waals surface area contributed by atoms with Crippen LogP contribution in [0.5, 0.6) is 0 Å². The van der Waals surface area contributed by atoms with Gasteiger partial charge in [0.2, 0.25) is 5.95 Å². The Balaban J connectivity index is 1.42. The number of hydrogen-bond donors (Lipinski definition) is 3. The third-order valence-electron chi connectivity index (χ3n) is 6.27. The number of aryl methyl sites for hydroxylation is 1. The summed E-state index contributed by atoms with van der Waals surface area (Å²) in [5, 5.41) is 6.26. The summed E-state index contributed by atoms with van der Waals surface area (Å²) in [6, 6.07) is 11.8. The summed E-state index contributed by atoms with van der Waals surface area (Å²) in [4.78, 5) is 13.4. The van der Waals surface area contributed by atoms with Crippen molar-refractivity contribution in [2.24, 2.45) is 0 Å². The van der Waals surface area contributed by atoms with Gasteiger partial charge in [-0.2, -0.15) is 0 Å². The molecule has 0 unspecified atom stereocenters. The topological polar surface area (TPSA) is 109 Å². The molecule has 0 aliphatic carbocycles.